The van der Waals surface area contributed by atoms with Gasteiger partial charge in [-0.25, -0.2) is 4.79 Å². The predicted molar refractivity (Wildman–Crippen MR) is 104 cm³/mol. The van der Waals surface area contributed by atoms with E-state index in [0.717, 1.165) is 11.3 Å². The van der Waals surface area contributed by atoms with Gasteiger partial charge in [0.25, 0.3) is 5.91 Å². The number of likely N-dealkylation sites (N-methyl/N-ethyl adjacent to an activating group) is 1. The lowest BCUT2D eigenvalue weighted by Crippen LogP contribution is -2.31. The standard InChI is InChI=1S/C21H25NO6/c1-4-26-19-13-16(9-10-18(19)28-14-20(23)24)21(25)22(3)11-12-27-17-8-6-5-7-15(17)2/h5-10,13H,4,11-12,14H2,1-3H3,(H,23,24). The minimum absolute atomic E-state index is 0.195. The van der Waals surface area contributed by atoms with Crippen molar-refractivity contribution in [3.63, 3.8) is 0 Å². The van der Waals surface area contributed by atoms with Crippen LogP contribution in [0, 0.1) is 6.92 Å². The molecule has 0 saturated heterocycles. The summed E-state index contributed by atoms with van der Waals surface area (Å²) < 4.78 is 16.4. The Morgan fingerprint density at radius 3 is 2.43 bits per heavy atom. The van der Waals surface area contributed by atoms with E-state index in [2.05, 4.69) is 0 Å². The second kappa shape index (κ2) is 10.2. The highest BCUT2D eigenvalue weighted by Gasteiger charge is 2.16. The van der Waals surface area contributed by atoms with Crippen LogP contribution in [0.1, 0.15) is 22.8 Å². The molecule has 150 valence electrons. The number of carboxylic acid groups (broad SMARTS) is 1. The predicted octanol–water partition coefficient (Wildman–Crippen LogP) is 3.01. The molecule has 2 rings (SSSR count). The van der Waals surface area contributed by atoms with Gasteiger partial charge >= 0.3 is 5.97 Å². The molecule has 7 nitrogen and oxygen atoms in total. The summed E-state index contributed by atoms with van der Waals surface area (Å²) in [4.78, 5) is 24.9. The maximum absolute atomic E-state index is 12.7. The van der Waals surface area contributed by atoms with Crippen LogP contribution in [0.3, 0.4) is 0 Å². The molecule has 0 unspecified atom stereocenters. The number of para-hydroxylation sites is 1. The third-order valence-corrected chi connectivity index (χ3v) is 3.97. The first-order chi connectivity index (χ1) is 13.4. The van der Waals surface area contributed by atoms with Gasteiger partial charge in [-0.1, -0.05) is 18.2 Å². The number of nitrogens with zero attached hydrogens (tertiary/aromatic N) is 1. The van der Waals surface area contributed by atoms with Crippen molar-refractivity contribution < 1.29 is 28.9 Å². The third kappa shape index (κ3) is 5.90. The number of hydrogen-bond acceptors (Lipinski definition) is 5. The molecule has 2 aromatic rings. The Kier molecular flexibility index (Phi) is 7.68. The summed E-state index contributed by atoms with van der Waals surface area (Å²) in [6.07, 6.45) is 0. The Hall–Kier alpha value is -3.22. The minimum Gasteiger partial charge on any atom is -0.491 e. The Labute approximate surface area is 164 Å². The van der Waals surface area contributed by atoms with Crippen molar-refractivity contribution in [2.24, 2.45) is 0 Å². The Morgan fingerprint density at radius 1 is 1.00 bits per heavy atom. The van der Waals surface area contributed by atoms with Gasteiger partial charge in [0.05, 0.1) is 13.2 Å². The molecular formula is C21H25NO6. The van der Waals surface area contributed by atoms with Gasteiger partial charge in [-0.15, -0.1) is 0 Å². The number of aryl methyl sites for hydroxylation is 1. The number of aliphatic carboxylic acids is 1. The lowest BCUT2D eigenvalue weighted by Gasteiger charge is -2.19. The van der Waals surface area contributed by atoms with E-state index < -0.39 is 12.6 Å². The van der Waals surface area contributed by atoms with Crippen molar-refractivity contribution in [3.8, 4) is 17.2 Å². The van der Waals surface area contributed by atoms with Crippen molar-refractivity contribution in [1.82, 2.24) is 4.90 Å². The summed E-state index contributed by atoms with van der Waals surface area (Å²) in [5, 5.41) is 8.75. The quantitative estimate of drug-likeness (QED) is 0.675. The van der Waals surface area contributed by atoms with Crippen LogP contribution in [0.2, 0.25) is 0 Å². The van der Waals surface area contributed by atoms with Crippen LogP contribution < -0.4 is 14.2 Å². The number of hydrogen-bond donors (Lipinski definition) is 1. The SMILES string of the molecule is CCOc1cc(C(=O)N(C)CCOc2ccccc2C)ccc1OCC(=O)O. The molecule has 1 amide bonds. The maximum atomic E-state index is 12.7. The monoisotopic (exact) mass is 387 g/mol. The molecule has 0 heterocycles. The zero-order valence-electron chi connectivity index (χ0n) is 16.3. The number of ether oxygens (including phenoxy) is 3. The normalized spacial score (nSPS) is 10.2. The molecule has 0 fully saturated rings. The van der Waals surface area contributed by atoms with Crippen LogP contribution in [0.4, 0.5) is 0 Å². The zero-order valence-corrected chi connectivity index (χ0v) is 16.3. The van der Waals surface area contributed by atoms with Crippen molar-refractivity contribution in [2.75, 3.05) is 33.4 Å². The molecule has 0 atom stereocenters. The van der Waals surface area contributed by atoms with Crippen molar-refractivity contribution in [3.05, 3.63) is 53.6 Å². The van der Waals surface area contributed by atoms with E-state index in [1.165, 1.54) is 0 Å². The lowest BCUT2D eigenvalue weighted by atomic mass is 10.1. The van der Waals surface area contributed by atoms with Gasteiger partial charge in [0.2, 0.25) is 0 Å². The molecular weight excluding hydrogens is 362 g/mol. The van der Waals surface area contributed by atoms with Crippen molar-refractivity contribution in [2.45, 2.75) is 13.8 Å². The van der Waals surface area contributed by atoms with E-state index in [1.54, 1.807) is 37.1 Å². The molecule has 2 aromatic carbocycles. The average Bonchev–Trinajstić information content (AvgIpc) is 2.68. The van der Waals surface area contributed by atoms with Crippen LogP contribution in [-0.4, -0.2) is 55.3 Å². The Morgan fingerprint density at radius 2 is 1.75 bits per heavy atom. The van der Waals surface area contributed by atoms with Crippen molar-refractivity contribution >= 4 is 11.9 Å². The summed E-state index contributed by atoms with van der Waals surface area (Å²) in [6, 6.07) is 12.4. The minimum atomic E-state index is -1.09. The smallest absolute Gasteiger partial charge is 0.341 e. The van der Waals surface area contributed by atoms with E-state index in [4.69, 9.17) is 19.3 Å². The first-order valence-electron chi connectivity index (χ1n) is 8.97. The topological polar surface area (TPSA) is 85.3 Å². The van der Waals surface area contributed by atoms with Crippen molar-refractivity contribution in [1.29, 1.82) is 0 Å². The second-order valence-corrected chi connectivity index (χ2v) is 6.12. The molecule has 0 aliphatic rings. The Bertz CT molecular complexity index is 820. The maximum Gasteiger partial charge on any atom is 0.341 e. The highest BCUT2D eigenvalue weighted by atomic mass is 16.5. The first kappa shape index (κ1) is 21.1. The van der Waals surface area contributed by atoms with Crippen LogP contribution in [-0.2, 0) is 4.79 Å². The summed E-state index contributed by atoms with van der Waals surface area (Å²) in [7, 11) is 1.69. The van der Waals surface area contributed by atoms with Gasteiger partial charge in [-0.05, 0) is 43.7 Å². The molecule has 0 saturated carbocycles. The number of rotatable bonds is 10. The van der Waals surface area contributed by atoms with Crippen LogP contribution in [0.5, 0.6) is 17.2 Å². The Balaban J connectivity index is 2.00. The third-order valence-electron chi connectivity index (χ3n) is 3.97. The first-order valence-corrected chi connectivity index (χ1v) is 8.97. The number of carboxylic acids is 1. The van der Waals surface area contributed by atoms with E-state index in [1.807, 2.05) is 31.2 Å². The number of carbonyl (C=O) groups excluding carboxylic acids is 1. The molecule has 0 radical (unpaired) electrons. The molecule has 0 aromatic heterocycles. The van der Waals surface area contributed by atoms with Crippen LogP contribution in [0.15, 0.2) is 42.5 Å². The fourth-order valence-corrected chi connectivity index (χ4v) is 2.50. The van der Waals surface area contributed by atoms with E-state index in [0.29, 0.717) is 31.1 Å². The van der Waals surface area contributed by atoms with E-state index in [9.17, 15) is 9.59 Å². The van der Waals surface area contributed by atoms with Gasteiger partial charge in [0.15, 0.2) is 18.1 Å². The molecule has 1 N–H and O–H groups in total. The highest BCUT2D eigenvalue weighted by Crippen LogP contribution is 2.29. The van der Waals surface area contributed by atoms with Gasteiger partial charge in [0, 0.05) is 12.6 Å². The van der Waals surface area contributed by atoms with E-state index >= 15 is 0 Å². The van der Waals surface area contributed by atoms with Crippen LogP contribution in [0.25, 0.3) is 0 Å². The van der Waals surface area contributed by atoms with Gasteiger partial charge in [0.1, 0.15) is 12.4 Å². The summed E-state index contributed by atoms with van der Waals surface area (Å²) >= 11 is 0. The largest absolute Gasteiger partial charge is 0.491 e. The number of benzene rings is 2. The number of carbonyl (C=O) groups is 2. The molecule has 0 bridgehead atoms. The molecule has 7 heteroatoms. The molecule has 0 aliphatic carbocycles. The second-order valence-electron chi connectivity index (χ2n) is 6.12. The average molecular weight is 387 g/mol. The summed E-state index contributed by atoms with van der Waals surface area (Å²) in [6.45, 7) is 4.42. The summed E-state index contributed by atoms with van der Waals surface area (Å²) in [5.74, 6) is 0.127. The highest BCUT2D eigenvalue weighted by molar-refractivity contribution is 5.94. The summed E-state index contributed by atoms with van der Waals surface area (Å²) in [5.41, 5.74) is 1.46. The lowest BCUT2D eigenvalue weighted by molar-refractivity contribution is -0.139. The van der Waals surface area contributed by atoms with Gasteiger partial charge in [-0.3, -0.25) is 4.79 Å². The fourth-order valence-electron chi connectivity index (χ4n) is 2.50. The van der Waals surface area contributed by atoms with Crippen LogP contribution >= 0.6 is 0 Å². The molecule has 0 aliphatic heterocycles. The van der Waals surface area contributed by atoms with Gasteiger partial charge < -0.3 is 24.2 Å². The van der Waals surface area contributed by atoms with E-state index in [-0.39, 0.29) is 11.7 Å². The molecule has 0 spiro atoms. The fraction of sp³-hybridized carbons (Fsp3) is 0.333. The molecule has 28 heavy (non-hydrogen) atoms. The number of amides is 1. The van der Waals surface area contributed by atoms with Gasteiger partial charge in [-0.2, -0.15) is 0 Å². The zero-order chi connectivity index (χ0) is 20.5.